The van der Waals surface area contributed by atoms with E-state index in [1.165, 1.54) is 6.33 Å². The molecular formula is C12H21N5O3. The first-order chi connectivity index (χ1) is 9.43. The highest BCUT2D eigenvalue weighted by atomic mass is 16.4. The zero-order chi connectivity index (χ0) is 15.1. The van der Waals surface area contributed by atoms with Crippen LogP contribution in [0.3, 0.4) is 0 Å². The number of aliphatic carboxylic acids is 1. The number of carbonyl (C=O) groups is 2. The highest BCUT2D eigenvalue weighted by molar-refractivity contribution is 5.82. The van der Waals surface area contributed by atoms with E-state index in [1.807, 2.05) is 20.8 Å². The number of urea groups is 1. The van der Waals surface area contributed by atoms with E-state index in [9.17, 15) is 9.59 Å². The van der Waals surface area contributed by atoms with E-state index in [4.69, 9.17) is 5.11 Å². The van der Waals surface area contributed by atoms with Gasteiger partial charge in [-0.15, -0.1) is 0 Å². The van der Waals surface area contributed by atoms with Gasteiger partial charge in [0.05, 0.1) is 6.54 Å². The Morgan fingerprint density at radius 3 is 2.70 bits per heavy atom. The van der Waals surface area contributed by atoms with Crippen LogP contribution in [0.5, 0.6) is 0 Å². The van der Waals surface area contributed by atoms with Gasteiger partial charge in [-0.25, -0.2) is 19.3 Å². The first-order valence-electron chi connectivity index (χ1n) is 6.57. The molecule has 2 amide bonds. The summed E-state index contributed by atoms with van der Waals surface area (Å²) < 4.78 is 1.66. The first kappa shape index (κ1) is 15.9. The molecule has 0 aromatic carbocycles. The molecule has 1 aromatic rings. The topological polar surface area (TPSA) is 109 Å². The van der Waals surface area contributed by atoms with Crippen LogP contribution < -0.4 is 10.6 Å². The number of amides is 2. The van der Waals surface area contributed by atoms with Gasteiger partial charge in [-0.05, 0) is 19.3 Å². The maximum absolute atomic E-state index is 11.7. The average molecular weight is 283 g/mol. The number of nitrogens with zero attached hydrogens (tertiary/aromatic N) is 3. The number of carboxylic acid groups (broad SMARTS) is 1. The van der Waals surface area contributed by atoms with Crippen LogP contribution >= 0.6 is 0 Å². The molecule has 0 fully saturated rings. The molecule has 0 spiro atoms. The minimum atomic E-state index is -1.04. The van der Waals surface area contributed by atoms with Crippen LogP contribution in [0, 0.1) is 5.92 Å². The number of carboxylic acids is 1. The normalized spacial score (nSPS) is 12.2. The number of aromatic nitrogens is 3. The molecule has 1 heterocycles. The van der Waals surface area contributed by atoms with Gasteiger partial charge in [0.15, 0.2) is 0 Å². The quantitative estimate of drug-likeness (QED) is 0.678. The molecule has 112 valence electrons. The smallest absolute Gasteiger partial charge is 0.326 e. The summed E-state index contributed by atoms with van der Waals surface area (Å²) in [4.78, 5) is 26.7. The Labute approximate surface area is 117 Å². The summed E-state index contributed by atoms with van der Waals surface area (Å²) in [6.45, 7) is 6.58. The zero-order valence-corrected chi connectivity index (χ0v) is 12.0. The summed E-state index contributed by atoms with van der Waals surface area (Å²) in [6.07, 6.45) is 1.80. The van der Waals surface area contributed by atoms with E-state index < -0.39 is 18.0 Å². The van der Waals surface area contributed by atoms with Crippen molar-refractivity contribution in [2.45, 2.75) is 46.3 Å². The van der Waals surface area contributed by atoms with Crippen LogP contribution in [-0.4, -0.2) is 37.9 Å². The van der Waals surface area contributed by atoms with Crippen molar-refractivity contribution in [3.05, 3.63) is 12.2 Å². The van der Waals surface area contributed by atoms with Gasteiger partial charge >= 0.3 is 12.0 Å². The van der Waals surface area contributed by atoms with Gasteiger partial charge in [0.2, 0.25) is 0 Å². The van der Waals surface area contributed by atoms with Gasteiger partial charge in [0.1, 0.15) is 18.2 Å². The molecule has 0 aliphatic heterocycles. The van der Waals surface area contributed by atoms with Crippen molar-refractivity contribution in [1.82, 2.24) is 25.4 Å². The molecule has 0 saturated carbocycles. The Morgan fingerprint density at radius 2 is 2.15 bits per heavy atom. The van der Waals surface area contributed by atoms with Gasteiger partial charge in [-0.3, -0.25) is 0 Å². The summed E-state index contributed by atoms with van der Waals surface area (Å²) in [5.74, 6) is -0.233. The predicted octanol–water partition coefficient (Wildman–Crippen LogP) is 0.596. The maximum atomic E-state index is 11.7. The Kier molecular flexibility index (Phi) is 5.95. The van der Waals surface area contributed by atoms with E-state index in [2.05, 4.69) is 20.7 Å². The van der Waals surface area contributed by atoms with Gasteiger partial charge in [-0.2, -0.15) is 5.10 Å². The van der Waals surface area contributed by atoms with Crippen molar-refractivity contribution in [1.29, 1.82) is 0 Å². The fraction of sp³-hybridized carbons (Fsp3) is 0.667. The van der Waals surface area contributed by atoms with Crippen LogP contribution in [0.2, 0.25) is 0 Å². The minimum Gasteiger partial charge on any atom is -0.480 e. The van der Waals surface area contributed by atoms with Crippen molar-refractivity contribution in [2.24, 2.45) is 5.92 Å². The maximum Gasteiger partial charge on any atom is 0.326 e. The lowest BCUT2D eigenvalue weighted by molar-refractivity contribution is -0.139. The molecule has 8 nitrogen and oxygen atoms in total. The van der Waals surface area contributed by atoms with E-state index in [-0.39, 0.29) is 12.5 Å². The second kappa shape index (κ2) is 7.46. The number of hydrogen-bond acceptors (Lipinski definition) is 4. The lowest BCUT2D eigenvalue weighted by Crippen LogP contribution is -2.46. The van der Waals surface area contributed by atoms with Crippen molar-refractivity contribution >= 4 is 12.0 Å². The summed E-state index contributed by atoms with van der Waals surface area (Å²) in [6, 6.07) is -1.41. The molecule has 0 aliphatic carbocycles. The lowest BCUT2D eigenvalue weighted by Gasteiger charge is -2.16. The van der Waals surface area contributed by atoms with Crippen LogP contribution in [-0.2, 0) is 17.9 Å². The van der Waals surface area contributed by atoms with Crippen LogP contribution in [0.15, 0.2) is 6.33 Å². The van der Waals surface area contributed by atoms with Crippen LogP contribution in [0.25, 0.3) is 0 Å². The van der Waals surface area contributed by atoms with Crippen molar-refractivity contribution in [3.8, 4) is 0 Å². The highest BCUT2D eigenvalue weighted by Gasteiger charge is 2.21. The van der Waals surface area contributed by atoms with Gasteiger partial charge in [-0.1, -0.05) is 13.8 Å². The Morgan fingerprint density at radius 1 is 1.45 bits per heavy atom. The van der Waals surface area contributed by atoms with E-state index in [0.29, 0.717) is 18.8 Å². The summed E-state index contributed by atoms with van der Waals surface area (Å²) >= 11 is 0. The minimum absolute atomic E-state index is 0.180. The monoisotopic (exact) mass is 283 g/mol. The number of hydrogen-bond donors (Lipinski definition) is 3. The average Bonchev–Trinajstić information content (AvgIpc) is 2.82. The number of rotatable bonds is 7. The largest absolute Gasteiger partial charge is 0.480 e. The SMILES string of the molecule is CCn1ncnc1CNC(=O)NC(CC(C)C)C(=O)O. The number of carbonyl (C=O) groups excluding carboxylic acids is 1. The number of aryl methyl sites for hydroxylation is 1. The first-order valence-corrected chi connectivity index (χ1v) is 6.57. The molecule has 8 heteroatoms. The molecule has 3 N–H and O–H groups in total. The second-order valence-electron chi connectivity index (χ2n) is 4.84. The van der Waals surface area contributed by atoms with E-state index >= 15 is 0 Å². The van der Waals surface area contributed by atoms with Crippen LogP contribution in [0.1, 0.15) is 33.0 Å². The molecule has 1 unspecified atom stereocenters. The Bertz CT molecular complexity index is 458. The molecule has 1 aromatic heterocycles. The molecule has 0 radical (unpaired) electrons. The van der Waals surface area contributed by atoms with Gasteiger partial charge in [0, 0.05) is 6.54 Å². The molecule has 20 heavy (non-hydrogen) atoms. The van der Waals surface area contributed by atoms with Crippen molar-refractivity contribution < 1.29 is 14.7 Å². The molecule has 0 bridgehead atoms. The van der Waals surface area contributed by atoms with Crippen molar-refractivity contribution in [3.63, 3.8) is 0 Å². The van der Waals surface area contributed by atoms with Crippen LogP contribution in [0.4, 0.5) is 4.79 Å². The molecule has 1 atom stereocenters. The fourth-order valence-electron chi connectivity index (χ4n) is 1.75. The second-order valence-corrected chi connectivity index (χ2v) is 4.84. The molecular weight excluding hydrogens is 262 g/mol. The Balaban J connectivity index is 2.48. The highest BCUT2D eigenvalue weighted by Crippen LogP contribution is 2.04. The van der Waals surface area contributed by atoms with Crippen molar-refractivity contribution in [2.75, 3.05) is 0 Å². The molecule has 1 rings (SSSR count). The third-order valence-electron chi connectivity index (χ3n) is 2.71. The fourth-order valence-corrected chi connectivity index (χ4v) is 1.75. The third kappa shape index (κ3) is 4.87. The van der Waals surface area contributed by atoms with Gasteiger partial charge in [0.25, 0.3) is 0 Å². The molecule has 0 aliphatic rings. The van der Waals surface area contributed by atoms with Gasteiger partial charge < -0.3 is 15.7 Å². The van der Waals surface area contributed by atoms with E-state index in [1.54, 1.807) is 4.68 Å². The third-order valence-corrected chi connectivity index (χ3v) is 2.71. The summed E-state index contributed by atoms with van der Waals surface area (Å²) in [5.41, 5.74) is 0. The molecule has 0 saturated heterocycles. The summed E-state index contributed by atoms with van der Waals surface area (Å²) in [5, 5.41) is 18.0. The zero-order valence-electron chi connectivity index (χ0n) is 12.0. The Hall–Kier alpha value is -2.12. The van der Waals surface area contributed by atoms with E-state index in [0.717, 1.165) is 0 Å². The predicted molar refractivity (Wildman–Crippen MR) is 71.9 cm³/mol. The number of nitrogens with one attached hydrogen (secondary N) is 2. The lowest BCUT2D eigenvalue weighted by atomic mass is 10.0. The summed E-state index contributed by atoms with van der Waals surface area (Å²) in [7, 11) is 0. The standard InChI is InChI=1S/C12H21N5O3/c1-4-17-10(14-7-15-17)6-13-12(20)16-9(11(18)19)5-8(2)3/h7-9H,4-6H2,1-3H3,(H,18,19)(H2,13,16,20).